The normalized spacial score (nSPS) is 11.2. The quantitative estimate of drug-likeness (QED) is 0.381. The Kier molecular flexibility index (Phi) is 5.02. The van der Waals surface area contributed by atoms with Gasteiger partial charge in [0.15, 0.2) is 5.69 Å². The summed E-state index contributed by atoms with van der Waals surface area (Å²) < 4.78 is 34.4. The molecule has 0 amide bonds. The summed E-state index contributed by atoms with van der Waals surface area (Å²) in [7, 11) is -2.25. The lowest BCUT2D eigenvalue weighted by molar-refractivity contribution is -0.651. The molecule has 0 N–H and O–H groups in total. The number of rotatable bonds is 1. The number of hydrogen-bond donors (Lipinski definition) is 0. The summed E-state index contributed by atoms with van der Waals surface area (Å²) in [5, 5.41) is 2.97. The van der Waals surface area contributed by atoms with Crippen molar-refractivity contribution < 1.29 is 17.5 Å². The molecule has 0 bridgehead atoms. The van der Waals surface area contributed by atoms with Crippen LogP contribution in [0.4, 0.5) is 0 Å². The van der Waals surface area contributed by atoms with E-state index in [0.717, 1.165) is 10.8 Å². The standard InChI is InChI=1S/C11H12N.C10H8O3S/c1-9-7-8-10-5-3-4-6-11(10)12(9)2;11-14(12,13)10-6-5-8-3-1-2-4-9(8)7-10/h3-8H,1-2H3;1-7H,(H,11,12,13)/q+1;/p-1. The average Bonchev–Trinajstić information content (AvgIpc) is 2.64. The maximum absolute atomic E-state index is 10.7. The van der Waals surface area contributed by atoms with E-state index in [1.165, 1.54) is 28.7 Å². The molecule has 132 valence electrons. The Morgan fingerprint density at radius 3 is 2.04 bits per heavy atom. The minimum atomic E-state index is -4.34. The van der Waals surface area contributed by atoms with Crippen molar-refractivity contribution in [2.24, 2.45) is 7.05 Å². The lowest BCUT2D eigenvalue weighted by Crippen LogP contribution is -2.32. The number of aromatic nitrogens is 1. The molecule has 5 heteroatoms. The molecule has 0 saturated carbocycles. The predicted molar refractivity (Wildman–Crippen MR) is 102 cm³/mol. The summed E-state index contributed by atoms with van der Waals surface area (Å²) in [6.07, 6.45) is 0. The second-order valence-electron chi connectivity index (χ2n) is 6.06. The molecule has 4 aromatic rings. The van der Waals surface area contributed by atoms with Crippen LogP contribution in [0.2, 0.25) is 0 Å². The highest BCUT2D eigenvalue weighted by Gasteiger charge is 2.05. The topological polar surface area (TPSA) is 61.1 Å². The van der Waals surface area contributed by atoms with Crippen molar-refractivity contribution in [3.8, 4) is 0 Å². The molecular weight excluding hydrogens is 346 g/mol. The molecule has 0 aliphatic carbocycles. The van der Waals surface area contributed by atoms with Gasteiger partial charge in [0, 0.05) is 24.4 Å². The highest BCUT2D eigenvalue weighted by atomic mass is 32.2. The number of fused-ring (bicyclic) bond motifs is 2. The van der Waals surface area contributed by atoms with E-state index in [2.05, 4.69) is 54.9 Å². The van der Waals surface area contributed by atoms with Crippen molar-refractivity contribution in [3.63, 3.8) is 0 Å². The van der Waals surface area contributed by atoms with Gasteiger partial charge < -0.3 is 4.55 Å². The van der Waals surface area contributed by atoms with Gasteiger partial charge in [-0.15, -0.1) is 0 Å². The molecule has 4 rings (SSSR count). The van der Waals surface area contributed by atoms with Gasteiger partial charge in [-0.1, -0.05) is 42.5 Å². The fourth-order valence-electron chi connectivity index (χ4n) is 2.77. The molecule has 0 unspecified atom stereocenters. The van der Waals surface area contributed by atoms with Gasteiger partial charge in [0.05, 0.1) is 4.90 Å². The van der Waals surface area contributed by atoms with E-state index in [1.807, 2.05) is 12.1 Å². The SMILES string of the molecule is Cc1ccc2ccccc2[n+]1C.O=S(=O)([O-])c1ccc2ccccc2c1. The molecule has 0 fully saturated rings. The van der Waals surface area contributed by atoms with Crippen LogP contribution >= 0.6 is 0 Å². The first-order chi connectivity index (χ1) is 12.4. The van der Waals surface area contributed by atoms with Crippen LogP contribution in [0.15, 0.2) is 83.8 Å². The molecular formula is C21H19NO3S. The summed E-state index contributed by atoms with van der Waals surface area (Å²) in [5.41, 5.74) is 2.58. The van der Waals surface area contributed by atoms with E-state index in [-0.39, 0.29) is 4.90 Å². The summed E-state index contributed by atoms with van der Waals surface area (Å²) in [4.78, 5) is -0.184. The maximum atomic E-state index is 10.7. The van der Waals surface area contributed by atoms with E-state index in [4.69, 9.17) is 0 Å². The van der Waals surface area contributed by atoms with E-state index in [9.17, 15) is 13.0 Å². The van der Waals surface area contributed by atoms with Crippen molar-refractivity contribution in [2.45, 2.75) is 11.8 Å². The third-order valence-electron chi connectivity index (χ3n) is 4.34. The van der Waals surface area contributed by atoms with Gasteiger partial charge in [-0.3, -0.25) is 0 Å². The van der Waals surface area contributed by atoms with Crippen LogP contribution in [0, 0.1) is 6.92 Å². The fraction of sp³-hybridized carbons (Fsp3) is 0.0952. The first-order valence-corrected chi connectivity index (χ1v) is 9.56. The van der Waals surface area contributed by atoms with Gasteiger partial charge >= 0.3 is 0 Å². The van der Waals surface area contributed by atoms with Crippen LogP contribution in [0.25, 0.3) is 21.7 Å². The Labute approximate surface area is 153 Å². The minimum Gasteiger partial charge on any atom is -0.744 e. The Bertz CT molecular complexity index is 1180. The van der Waals surface area contributed by atoms with Crippen LogP contribution in [-0.2, 0) is 17.2 Å². The predicted octanol–water partition coefficient (Wildman–Crippen LogP) is 3.72. The molecule has 1 aromatic heterocycles. The fourth-order valence-corrected chi connectivity index (χ4v) is 3.28. The lowest BCUT2D eigenvalue weighted by Gasteiger charge is -2.07. The first kappa shape index (κ1) is 18.0. The summed E-state index contributed by atoms with van der Waals surface area (Å²) in [6.45, 7) is 2.12. The number of nitrogens with zero attached hydrogens (tertiary/aromatic N) is 1. The Morgan fingerprint density at radius 2 is 1.35 bits per heavy atom. The molecule has 0 spiro atoms. The molecule has 0 aliphatic rings. The van der Waals surface area contributed by atoms with E-state index >= 15 is 0 Å². The van der Waals surface area contributed by atoms with Crippen molar-refractivity contribution in [2.75, 3.05) is 0 Å². The molecule has 0 atom stereocenters. The lowest BCUT2D eigenvalue weighted by atomic mass is 10.1. The monoisotopic (exact) mass is 365 g/mol. The summed E-state index contributed by atoms with van der Waals surface area (Å²) >= 11 is 0. The molecule has 1 heterocycles. The second kappa shape index (κ2) is 7.23. The van der Waals surface area contributed by atoms with E-state index < -0.39 is 10.1 Å². The van der Waals surface area contributed by atoms with Gasteiger partial charge in [-0.05, 0) is 35.0 Å². The third-order valence-corrected chi connectivity index (χ3v) is 5.17. The van der Waals surface area contributed by atoms with Gasteiger partial charge in [0.1, 0.15) is 17.2 Å². The van der Waals surface area contributed by atoms with Crippen molar-refractivity contribution in [1.82, 2.24) is 0 Å². The Balaban J connectivity index is 0.000000152. The highest BCUT2D eigenvalue weighted by Crippen LogP contribution is 2.18. The van der Waals surface area contributed by atoms with Crippen molar-refractivity contribution >= 4 is 31.8 Å². The van der Waals surface area contributed by atoms with Crippen LogP contribution in [0.3, 0.4) is 0 Å². The van der Waals surface area contributed by atoms with Crippen LogP contribution < -0.4 is 4.57 Å². The molecule has 4 nitrogen and oxygen atoms in total. The van der Waals surface area contributed by atoms with Crippen LogP contribution in [-0.4, -0.2) is 13.0 Å². The van der Waals surface area contributed by atoms with Crippen molar-refractivity contribution in [1.29, 1.82) is 0 Å². The Hall–Kier alpha value is -2.76. The minimum absolute atomic E-state index is 0.184. The summed E-state index contributed by atoms with van der Waals surface area (Å²) in [5.74, 6) is 0. The smallest absolute Gasteiger partial charge is 0.212 e. The third kappa shape index (κ3) is 3.90. The van der Waals surface area contributed by atoms with Crippen molar-refractivity contribution in [3.05, 3.63) is 84.6 Å². The van der Waals surface area contributed by atoms with E-state index in [1.54, 1.807) is 18.2 Å². The number of para-hydroxylation sites is 1. The maximum Gasteiger partial charge on any atom is 0.212 e. The Morgan fingerprint density at radius 1 is 0.769 bits per heavy atom. The van der Waals surface area contributed by atoms with Crippen LogP contribution in [0.5, 0.6) is 0 Å². The first-order valence-electron chi connectivity index (χ1n) is 8.15. The molecule has 0 saturated heterocycles. The van der Waals surface area contributed by atoms with Gasteiger partial charge in [0.2, 0.25) is 5.52 Å². The van der Waals surface area contributed by atoms with Gasteiger partial charge in [-0.2, -0.15) is 4.57 Å². The van der Waals surface area contributed by atoms with Gasteiger partial charge in [-0.25, -0.2) is 8.42 Å². The zero-order chi connectivity index (χ0) is 18.7. The molecule has 0 radical (unpaired) electrons. The number of pyridine rings is 1. The van der Waals surface area contributed by atoms with Gasteiger partial charge in [0.25, 0.3) is 0 Å². The highest BCUT2D eigenvalue weighted by molar-refractivity contribution is 7.85. The van der Waals surface area contributed by atoms with E-state index in [0.29, 0.717) is 0 Å². The molecule has 26 heavy (non-hydrogen) atoms. The summed E-state index contributed by atoms with van der Waals surface area (Å²) in [6, 6.07) is 24.3. The zero-order valence-electron chi connectivity index (χ0n) is 14.6. The molecule has 3 aromatic carbocycles. The molecule has 0 aliphatic heterocycles. The second-order valence-corrected chi connectivity index (χ2v) is 7.44. The number of aryl methyl sites for hydroxylation is 2. The number of hydrogen-bond acceptors (Lipinski definition) is 3. The van der Waals surface area contributed by atoms with Crippen LogP contribution in [0.1, 0.15) is 5.69 Å². The largest absolute Gasteiger partial charge is 0.744 e. The number of benzene rings is 3. The zero-order valence-corrected chi connectivity index (χ0v) is 15.4. The average molecular weight is 365 g/mol.